The van der Waals surface area contributed by atoms with Crippen LogP contribution >= 0.6 is 0 Å². The van der Waals surface area contributed by atoms with E-state index in [4.69, 9.17) is 0 Å². The summed E-state index contributed by atoms with van der Waals surface area (Å²) >= 11 is 0. The average molecular weight is 314 g/mol. The molecule has 0 amide bonds. The maximum Gasteiger partial charge on any atom is 0.336 e. The third-order valence-electron chi connectivity index (χ3n) is 5.28. The van der Waals surface area contributed by atoms with E-state index >= 15 is 0 Å². The second-order valence-corrected chi connectivity index (χ2v) is 8.10. The molecule has 1 aliphatic carbocycles. The quantitative estimate of drug-likeness (QED) is 0.683. The molecule has 23 heavy (non-hydrogen) atoms. The lowest BCUT2D eigenvalue weighted by Crippen LogP contribution is -2.34. The van der Waals surface area contributed by atoms with Gasteiger partial charge in [0.05, 0.1) is 5.56 Å². The summed E-state index contributed by atoms with van der Waals surface area (Å²) in [5, 5.41) is 9.64. The van der Waals surface area contributed by atoms with E-state index in [0.717, 1.165) is 37.7 Å². The number of fused-ring (bicyclic) bond motifs is 1. The molecule has 0 spiro atoms. The van der Waals surface area contributed by atoms with Gasteiger partial charge >= 0.3 is 5.97 Å². The van der Waals surface area contributed by atoms with Crippen LogP contribution in [0.25, 0.3) is 6.08 Å². The highest BCUT2D eigenvalue weighted by Gasteiger charge is 2.37. The van der Waals surface area contributed by atoms with Gasteiger partial charge in [0, 0.05) is 0 Å². The van der Waals surface area contributed by atoms with Gasteiger partial charge in [0.15, 0.2) is 0 Å². The van der Waals surface area contributed by atoms with E-state index in [1.165, 1.54) is 11.1 Å². The van der Waals surface area contributed by atoms with E-state index in [9.17, 15) is 9.90 Å². The van der Waals surface area contributed by atoms with Crippen molar-refractivity contribution in [3.63, 3.8) is 0 Å². The predicted octanol–water partition coefficient (Wildman–Crippen LogP) is 5.94. The molecular formula is C21H30O2. The zero-order chi connectivity index (χ0) is 17.3. The third kappa shape index (κ3) is 3.68. The lowest BCUT2D eigenvalue weighted by atomic mass is 9.62. The topological polar surface area (TPSA) is 37.3 Å². The van der Waals surface area contributed by atoms with Crippen molar-refractivity contribution in [1.82, 2.24) is 0 Å². The van der Waals surface area contributed by atoms with E-state index in [-0.39, 0.29) is 10.8 Å². The van der Waals surface area contributed by atoms with Gasteiger partial charge in [0.2, 0.25) is 0 Å². The molecule has 0 atom stereocenters. The number of hydrogen-bond donors (Lipinski definition) is 1. The molecule has 1 aromatic carbocycles. The minimum absolute atomic E-state index is 0.0412. The zero-order valence-corrected chi connectivity index (χ0v) is 15.2. The maximum atomic E-state index is 11.7. The SMILES string of the molecule is CCCCC=Cc1cc2c(cc1C(=O)O)C(C)(C)CCC2(C)C. The second kappa shape index (κ2) is 6.51. The largest absolute Gasteiger partial charge is 0.478 e. The van der Waals surface area contributed by atoms with Crippen LogP contribution in [-0.4, -0.2) is 11.1 Å². The highest BCUT2D eigenvalue weighted by Crippen LogP contribution is 2.46. The molecule has 0 unspecified atom stereocenters. The highest BCUT2D eigenvalue weighted by molar-refractivity contribution is 5.93. The van der Waals surface area contributed by atoms with Gasteiger partial charge in [-0.25, -0.2) is 4.79 Å². The molecule has 2 heteroatoms. The van der Waals surface area contributed by atoms with Gasteiger partial charge in [-0.1, -0.05) is 65.7 Å². The summed E-state index contributed by atoms with van der Waals surface area (Å²) in [6.45, 7) is 11.2. The van der Waals surface area contributed by atoms with Crippen molar-refractivity contribution in [1.29, 1.82) is 0 Å². The molecular weight excluding hydrogens is 284 g/mol. The first-order valence-electron chi connectivity index (χ1n) is 8.78. The number of carboxylic acid groups (broad SMARTS) is 1. The lowest BCUT2D eigenvalue weighted by Gasteiger charge is -2.42. The highest BCUT2D eigenvalue weighted by atomic mass is 16.4. The summed E-state index contributed by atoms with van der Waals surface area (Å²) in [7, 11) is 0. The monoisotopic (exact) mass is 314 g/mol. The molecule has 0 radical (unpaired) electrons. The summed E-state index contributed by atoms with van der Waals surface area (Å²) < 4.78 is 0. The molecule has 2 rings (SSSR count). The number of benzene rings is 1. The van der Waals surface area contributed by atoms with Crippen LogP contribution in [-0.2, 0) is 10.8 Å². The van der Waals surface area contributed by atoms with Crippen molar-refractivity contribution in [2.45, 2.75) is 77.6 Å². The van der Waals surface area contributed by atoms with Crippen LogP contribution < -0.4 is 0 Å². The van der Waals surface area contributed by atoms with E-state index in [0.29, 0.717) is 5.56 Å². The zero-order valence-electron chi connectivity index (χ0n) is 15.2. The van der Waals surface area contributed by atoms with E-state index in [1.54, 1.807) is 0 Å². The standard InChI is InChI=1S/C21H30O2/c1-6-7-8-9-10-15-13-17-18(14-16(15)19(22)23)21(4,5)12-11-20(17,2)3/h9-10,13-14H,6-8,11-12H2,1-5H3,(H,22,23). The smallest absolute Gasteiger partial charge is 0.336 e. The van der Waals surface area contributed by atoms with Crippen molar-refractivity contribution in [3.8, 4) is 0 Å². The minimum atomic E-state index is -0.831. The number of carbonyl (C=O) groups is 1. The predicted molar refractivity (Wildman–Crippen MR) is 97.2 cm³/mol. The number of allylic oxidation sites excluding steroid dienone is 1. The Balaban J connectivity index is 2.56. The Morgan fingerprint density at radius 1 is 1.13 bits per heavy atom. The Morgan fingerprint density at radius 3 is 2.22 bits per heavy atom. The Labute approximate surface area is 140 Å². The number of carboxylic acids is 1. The number of rotatable bonds is 5. The first kappa shape index (κ1) is 17.8. The molecule has 0 bridgehead atoms. The second-order valence-electron chi connectivity index (χ2n) is 8.10. The Kier molecular flexibility index (Phi) is 5.03. The summed E-state index contributed by atoms with van der Waals surface area (Å²) in [5.41, 5.74) is 3.94. The van der Waals surface area contributed by atoms with Crippen molar-refractivity contribution in [2.24, 2.45) is 0 Å². The first-order chi connectivity index (χ1) is 10.7. The summed E-state index contributed by atoms with van der Waals surface area (Å²) in [6, 6.07) is 4.06. The normalized spacial score (nSPS) is 18.8. The van der Waals surface area contributed by atoms with Gasteiger partial charge in [0.1, 0.15) is 0 Å². The number of hydrogen-bond acceptors (Lipinski definition) is 1. The fraction of sp³-hybridized carbons (Fsp3) is 0.571. The molecule has 1 aromatic rings. The Morgan fingerprint density at radius 2 is 1.70 bits per heavy atom. The molecule has 0 aromatic heterocycles. The lowest BCUT2D eigenvalue weighted by molar-refractivity contribution is 0.0696. The first-order valence-corrected chi connectivity index (χ1v) is 8.78. The van der Waals surface area contributed by atoms with Gasteiger partial charge in [-0.05, 0) is 52.8 Å². The molecule has 1 N–H and O–H groups in total. The van der Waals surface area contributed by atoms with E-state index in [2.05, 4.69) is 46.8 Å². The molecule has 0 saturated heterocycles. The van der Waals surface area contributed by atoms with Gasteiger partial charge in [-0.3, -0.25) is 0 Å². The third-order valence-corrected chi connectivity index (χ3v) is 5.28. The van der Waals surface area contributed by atoms with Crippen LogP contribution in [0.5, 0.6) is 0 Å². The van der Waals surface area contributed by atoms with Crippen LogP contribution in [0.1, 0.15) is 93.8 Å². The number of aromatic carboxylic acids is 1. The van der Waals surface area contributed by atoms with Crippen molar-refractivity contribution >= 4 is 12.0 Å². The maximum absolute atomic E-state index is 11.7. The van der Waals surface area contributed by atoms with Crippen LogP contribution in [0, 0.1) is 0 Å². The van der Waals surface area contributed by atoms with Gasteiger partial charge in [-0.15, -0.1) is 0 Å². The summed E-state index contributed by atoms with van der Waals surface area (Å²) in [5.74, 6) is -0.831. The molecule has 0 fully saturated rings. The fourth-order valence-corrected chi connectivity index (χ4v) is 3.49. The van der Waals surface area contributed by atoms with Gasteiger partial charge < -0.3 is 5.11 Å². The van der Waals surface area contributed by atoms with Gasteiger partial charge in [0.25, 0.3) is 0 Å². The van der Waals surface area contributed by atoms with E-state index in [1.807, 2.05) is 12.1 Å². The summed E-state index contributed by atoms with van der Waals surface area (Å²) in [4.78, 5) is 11.7. The molecule has 2 nitrogen and oxygen atoms in total. The number of unbranched alkanes of at least 4 members (excludes halogenated alkanes) is 2. The molecule has 0 aliphatic heterocycles. The van der Waals surface area contributed by atoms with Crippen molar-refractivity contribution < 1.29 is 9.90 Å². The van der Waals surface area contributed by atoms with Crippen LogP contribution in [0.2, 0.25) is 0 Å². The Hall–Kier alpha value is -1.57. The van der Waals surface area contributed by atoms with E-state index < -0.39 is 5.97 Å². The van der Waals surface area contributed by atoms with Crippen molar-refractivity contribution in [3.05, 3.63) is 40.5 Å². The van der Waals surface area contributed by atoms with Crippen LogP contribution in [0.4, 0.5) is 0 Å². The summed E-state index contributed by atoms with van der Waals surface area (Å²) in [6.07, 6.45) is 9.64. The fourth-order valence-electron chi connectivity index (χ4n) is 3.49. The molecule has 0 saturated carbocycles. The van der Waals surface area contributed by atoms with Crippen LogP contribution in [0.3, 0.4) is 0 Å². The minimum Gasteiger partial charge on any atom is -0.478 e. The van der Waals surface area contributed by atoms with Gasteiger partial charge in [-0.2, -0.15) is 0 Å². The molecule has 126 valence electrons. The molecule has 1 aliphatic rings. The Bertz CT molecular complexity index is 621. The van der Waals surface area contributed by atoms with Crippen molar-refractivity contribution in [2.75, 3.05) is 0 Å². The average Bonchev–Trinajstić information content (AvgIpc) is 2.48. The van der Waals surface area contributed by atoms with Crippen LogP contribution in [0.15, 0.2) is 18.2 Å². The molecule has 0 heterocycles.